The summed E-state index contributed by atoms with van der Waals surface area (Å²) in [5.74, 6) is 1.76. The second-order valence-corrected chi connectivity index (χ2v) is 8.17. The van der Waals surface area contributed by atoms with Crippen molar-refractivity contribution in [2.45, 2.75) is 45.3 Å². The molecule has 29 heavy (non-hydrogen) atoms. The van der Waals surface area contributed by atoms with Gasteiger partial charge in [-0.2, -0.15) is 18.3 Å². The summed E-state index contributed by atoms with van der Waals surface area (Å²) in [5, 5.41) is 5.95. The van der Waals surface area contributed by atoms with Crippen LogP contribution in [0.1, 0.15) is 42.3 Å². The molecule has 0 bridgehead atoms. The van der Waals surface area contributed by atoms with Gasteiger partial charge >= 0.3 is 6.18 Å². The number of halogens is 4. The van der Waals surface area contributed by atoms with Crippen molar-refractivity contribution in [1.29, 1.82) is 0 Å². The first kappa shape index (κ1) is 20.2. The lowest BCUT2D eigenvalue weighted by molar-refractivity contribution is -0.141. The number of ether oxygens (including phenoxy) is 1. The van der Waals surface area contributed by atoms with Crippen LogP contribution in [-0.4, -0.2) is 34.8 Å². The van der Waals surface area contributed by atoms with E-state index in [0.717, 1.165) is 18.3 Å². The molecule has 1 saturated carbocycles. The van der Waals surface area contributed by atoms with Gasteiger partial charge in [0, 0.05) is 31.3 Å². The summed E-state index contributed by atoms with van der Waals surface area (Å²) in [6, 6.07) is 4.94. The molecule has 2 heterocycles. The highest BCUT2D eigenvalue weighted by molar-refractivity contribution is 5.31. The molecule has 2 atom stereocenters. The number of benzene rings is 1. The number of hydrogen-bond acceptors (Lipinski definition) is 3. The molecule has 4 nitrogen and oxygen atoms in total. The van der Waals surface area contributed by atoms with Gasteiger partial charge in [-0.15, -0.1) is 0 Å². The SMILES string of the molecule is CC1CC1CCOc1ccc(CCN2CCc3c(C(F)(F)F)n[nH]c3C2)c(F)c1. The molecule has 1 N–H and O–H groups in total. The standard InChI is InChI=1S/C21H25F4N3O/c1-13-10-15(13)6-9-29-16-3-2-14(18(22)11-16)4-7-28-8-5-17-19(12-28)26-27-20(17)21(23,24)25/h2-3,11,13,15H,4-10,12H2,1H3,(H,26,27). The van der Waals surface area contributed by atoms with Crippen molar-refractivity contribution in [3.63, 3.8) is 0 Å². The van der Waals surface area contributed by atoms with E-state index in [1.165, 1.54) is 12.5 Å². The Hall–Kier alpha value is -2.09. The quantitative estimate of drug-likeness (QED) is 0.678. The van der Waals surface area contributed by atoms with Crippen molar-refractivity contribution in [2.75, 3.05) is 19.7 Å². The summed E-state index contributed by atoms with van der Waals surface area (Å²) < 4.78 is 58.9. The van der Waals surface area contributed by atoms with Gasteiger partial charge in [-0.05, 0) is 49.1 Å². The minimum Gasteiger partial charge on any atom is -0.493 e. The monoisotopic (exact) mass is 411 g/mol. The van der Waals surface area contributed by atoms with Crippen LogP contribution in [0.2, 0.25) is 0 Å². The van der Waals surface area contributed by atoms with Crippen LogP contribution >= 0.6 is 0 Å². The zero-order valence-electron chi connectivity index (χ0n) is 16.4. The summed E-state index contributed by atoms with van der Waals surface area (Å²) in [6.45, 7) is 4.26. The third kappa shape index (κ3) is 4.74. The highest BCUT2D eigenvalue weighted by Crippen LogP contribution is 2.40. The van der Waals surface area contributed by atoms with Gasteiger partial charge in [0.15, 0.2) is 5.69 Å². The lowest BCUT2D eigenvalue weighted by atomic mass is 10.0. The average Bonchev–Trinajstić information content (AvgIpc) is 3.19. The molecule has 1 fully saturated rings. The number of rotatable bonds is 7. The molecule has 1 aliphatic carbocycles. The van der Waals surface area contributed by atoms with Crippen molar-refractivity contribution in [3.8, 4) is 5.75 Å². The zero-order valence-corrected chi connectivity index (χ0v) is 16.4. The van der Waals surface area contributed by atoms with Crippen LogP contribution in [0.4, 0.5) is 17.6 Å². The maximum Gasteiger partial charge on any atom is 0.435 e. The van der Waals surface area contributed by atoms with Gasteiger partial charge in [-0.3, -0.25) is 10.00 Å². The Morgan fingerprint density at radius 3 is 2.79 bits per heavy atom. The molecule has 2 aromatic rings. The highest BCUT2D eigenvalue weighted by atomic mass is 19.4. The fourth-order valence-electron chi connectivity index (χ4n) is 4.03. The van der Waals surface area contributed by atoms with E-state index in [9.17, 15) is 17.6 Å². The summed E-state index contributed by atoms with van der Waals surface area (Å²) >= 11 is 0. The van der Waals surface area contributed by atoms with Gasteiger partial charge in [0.05, 0.1) is 12.3 Å². The highest BCUT2D eigenvalue weighted by Gasteiger charge is 2.39. The van der Waals surface area contributed by atoms with Crippen LogP contribution in [0.5, 0.6) is 5.75 Å². The Kier molecular flexibility index (Phi) is 5.55. The predicted octanol–water partition coefficient (Wildman–Crippen LogP) is 4.59. The van der Waals surface area contributed by atoms with Crippen LogP contribution < -0.4 is 4.74 Å². The van der Waals surface area contributed by atoms with Crippen LogP contribution in [0, 0.1) is 17.7 Å². The molecular weight excluding hydrogens is 386 g/mol. The molecule has 2 unspecified atom stereocenters. The molecule has 1 aliphatic heterocycles. The first-order chi connectivity index (χ1) is 13.8. The topological polar surface area (TPSA) is 41.1 Å². The number of nitrogens with one attached hydrogen (secondary N) is 1. The third-order valence-electron chi connectivity index (χ3n) is 6.04. The number of aromatic amines is 1. The molecule has 0 radical (unpaired) electrons. The van der Waals surface area contributed by atoms with Crippen molar-refractivity contribution in [3.05, 3.63) is 46.5 Å². The first-order valence-electron chi connectivity index (χ1n) is 10.1. The Bertz CT molecular complexity index is 864. The molecule has 1 aromatic carbocycles. The lowest BCUT2D eigenvalue weighted by Crippen LogP contribution is -2.32. The van der Waals surface area contributed by atoms with Crippen LogP contribution in [0.25, 0.3) is 0 Å². The van der Waals surface area contributed by atoms with Gasteiger partial charge in [-0.1, -0.05) is 13.0 Å². The van der Waals surface area contributed by atoms with Gasteiger partial charge < -0.3 is 4.74 Å². The summed E-state index contributed by atoms with van der Waals surface area (Å²) in [7, 11) is 0. The number of fused-ring (bicyclic) bond motifs is 1. The molecule has 4 rings (SSSR count). The van der Waals surface area contributed by atoms with Crippen LogP contribution in [0.3, 0.4) is 0 Å². The fraction of sp³-hybridized carbons (Fsp3) is 0.571. The Morgan fingerprint density at radius 1 is 1.31 bits per heavy atom. The summed E-state index contributed by atoms with van der Waals surface area (Å²) in [5.41, 5.74) is 0.518. The first-order valence-corrected chi connectivity index (χ1v) is 10.1. The molecule has 0 saturated heterocycles. The molecular formula is C21H25F4N3O. The van der Waals surface area contributed by atoms with E-state index in [-0.39, 0.29) is 17.8 Å². The van der Waals surface area contributed by atoms with Crippen molar-refractivity contribution in [1.82, 2.24) is 15.1 Å². The van der Waals surface area contributed by atoms with E-state index in [2.05, 4.69) is 17.1 Å². The average molecular weight is 411 g/mol. The number of alkyl halides is 3. The number of hydrogen-bond donors (Lipinski definition) is 1. The second kappa shape index (κ2) is 7.97. The Labute approximate surface area is 167 Å². The lowest BCUT2D eigenvalue weighted by Gasteiger charge is -2.27. The number of aromatic nitrogens is 2. The smallest absolute Gasteiger partial charge is 0.435 e. The molecule has 2 aliphatic rings. The Balaban J connectivity index is 1.28. The normalized spacial score (nSPS) is 21.8. The molecule has 8 heteroatoms. The largest absolute Gasteiger partial charge is 0.493 e. The minimum absolute atomic E-state index is 0.252. The van der Waals surface area contributed by atoms with Crippen LogP contribution in [-0.2, 0) is 25.6 Å². The van der Waals surface area contributed by atoms with Gasteiger partial charge in [-0.25, -0.2) is 4.39 Å². The maximum absolute atomic E-state index is 14.4. The second-order valence-electron chi connectivity index (χ2n) is 8.17. The van der Waals surface area contributed by atoms with Crippen molar-refractivity contribution in [2.24, 2.45) is 11.8 Å². The van der Waals surface area contributed by atoms with E-state index in [4.69, 9.17) is 4.74 Å². The fourth-order valence-corrected chi connectivity index (χ4v) is 4.03. The van der Waals surface area contributed by atoms with E-state index in [1.807, 2.05) is 4.90 Å². The van der Waals surface area contributed by atoms with Crippen LogP contribution in [0.15, 0.2) is 18.2 Å². The molecule has 1 aromatic heterocycles. The van der Waals surface area contributed by atoms with E-state index in [0.29, 0.717) is 49.7 Å². The molecule has 0 spiro atoms. The maximum atomic E-state index is 14.4. The van der Waals surface area contributed by atoms with Gasteiger partial charge in [0.25, 0.3) is 0 Å². The van der Waals surface area contributed by atoms with E-state index < -0.39 is 11.9 Å². The Morgan fingerprint density at radius 2 is 2.10 bits per heavy atom. The summed E-state index contributed by atoms with van der Waals surface area (Å²) in [4.78, 5) is 2.02. The number of nitrogens with zero attached hydrogens (tertiary/aromatic N) is 2. The summed E-state index contributed by atoms with van der Waals surface area (Å²) in [6.07, 6.45) is -1.40. The van der Waals surface area contributed by atoms with Crippen molar-refractivity contribution >= 4 is 0 Å². The van der Waals surface area contributed by atoms with E-state index in [1.54, 1.807) is 12.1 Å². The molecule has 158 valence electrons. The minimum atomic E-state index is -4.43. The van der Waals surface area contributed by atoms with E-state index >= 15 is 0 Å². The number of H-pyrrole nitrogens is 1. The predicted molar refractivity (Wildman–Crippen MR) is 100 cm³/mol. The van der Waals surface area contributed by atoms with Gasteiger partial charge in [0.2, 0.25) is 0 Å². The third-order valence-corrected chi connectivity index (χ3v) is 6.04. The van der Waals surface area contributed by atoms with Gasteiger partial charge in [0.1, 0.15) is 11.6 Å². The zero-order chi connectivity index (χ0) is 20.6. The van der Waals surface area contributed by atoms with Crippen molar-refractivity contribution < 1.29 is 22.3 Å². The molecule has 0 amide bonds.